The number of piperidine rings is 1. The van der Waals surface area contributed by atoms with E-state index in [1.54, 1.807) is 18.3 Å². The third kappa shape index (κ3) is 5.42. The van der Waals surface area contributed by atoms with Crippen molar-refractivity contribution in [3.63, 3.8) is 0 Å². The number of hydrogen-bond donors (Lipinski definition) is 2. The Bertz CT molecular complexity index is 1160. The van der Waals surface area contributed by atoms with Crippen molar-refractivity contribution in [2.24, 2.45) is 11.7 Å². The van der Waals surface area contributed by atoms with Crippen LogP contribution < -0.4 is 11.1 Å². The van der Waals surface area contributed by atoms with Gasteiger partial charge in [-0.05, 0) is 49.2 Å². The van der Waals surface area contributed by atoms with Crippen LogP contribution in [0.25, 0.3) is 5.69 Å². The second kappa shape index (κ2) is 9.61. The summed E-state index contributed by atoms with van der Waals surface area (Å²) in [5.41, 5.74) is 8.15. The van der Waals surface area contributed by atoms with Crippen molar-refractivity contribution in [1.29, 1.82) is 0 Å². The fraction of sp³-hybridized carbons (Fsp3) is 0.261. The van der Waals surface area contributed by atoms with Crippen LogP contribution in [0.3, 0.4) is 0 Å². The first-order valence-corrected chi connectivity index (χ1v) is 10.6. The summed E-state index contributed by atoms with van der Waals surface area (Å²) >= 11 is 0. The van der Waals surface area contributed by atoms with E-state index in [2.05, 4.69) is 15.3 Å². The number of nitro groups is 1. The largest absolute Gasteiger partial charge is 0.369 e. The number of carbonyl (C=O) groups excluding carboxylic acids is 2. The predicted molar refractivity (Wildman–Crippen MR) is 122 cm³/mol. The number of likely N-dealkylation sites (tertiary alicyclic amines) is 1. The van der Waals surface area contributed by atoms with E-state index in [4.69, 9.17) is 5.73 Å². The molecule has 2 heterocycles. The van der Waals surface area contributed by atoms with Gasteiger partial charge in [0.05, 0.1) is 28.3 Å². The molecule has 10 nitrogen and oxygen atoms in total. The van der Waals surface area contributed by atoms with E-state index in [-0.39, 0.29) is 23.4 Å². The van der Waals surface area contributed by atoms with E-state index in [1.807, 2.05) is 24.3 Å². The number of nitro benzene ring substituents is 1. The quantitative estimate of drug-likeness (QED) is 0.421. The van der Waals surface area contributed by atoms with Gasteiger partial charge in [0, 0.05) is 37.1 Å². The number of anilines is 1. The van der Waals surface area contributed by atoms with Gasteiger partial charge in [0.2, 0.25) is 5.91 Å². The number of non-ortho nitro benzene ring substituents is 1. The number of carbonyl (C=O) groups is 2. The normalized spacial score (nSPS) is 16.3. The van der Waals surface area contributed by atoms with Crippen LogP contribution in [0.5, 0.6) is 0 Å². The van der Waals surface area contributed by atoms with E-state index in [1.165, 1.54) is 23.0 Å². The third-order valence-electron chi connectivity index (χ3n) is 5.70. The molecule has 0 radical (unpaired) electrons. The molecule has 170 valence electrons. The Morgan fingerprint density at radius 3 is 2.55 bits per heavy atom. The van der Waals surface area contributed by atoms with Gasteiger partial charge in [0.1, 0.15) is 0 Å². The van der Waals surface area contributed by atoms with E-state index in [0.717, 1.165) is 31.5 Å². The summed E-state index contributed by atoms with van der Waals surface area (Å²) in [6.07, 6.45) is 4.81. The molecule has 0 aliphatic carbocycles. The number of hydrogen-bond acceptors (Lipinski definition) is 6. The van der Waals surface area contributed by atoms with Gasteiger partial charge in [-0.25, -0.2) is 4.68 Å². The second-order valence-corrected chi connectivity index (χ2v) is 8.07. The maximum absolute atomic E-state index is 12.6. The van der Waals surface area contributed by atoms with Crippen LogP contribution in [0.15, 0.2) is 60.9 Å². The van der Waals surface area contributed by atoms with Crippen LogP contribution >= 0.6 is 0 Å². The van der Waals surface area contributed by atoms with E-state index >= 15 is 0 Å². The minimum Gasteiger partial charge on any atom is -0.369 e. The maximum Gasteiger partial charge on any atom is 0.269 e. The van der Waals surface area contributed by atoms with E-state index in [0.29, 0.717) is 23.5 Å². The number of nitrogens with two attached hydrogens (primary N) is 1. The summed E-state index contributed by atoms with van der Waals surface area (Å²) in [7, 11) is 0. The van der Waals surface area contributed by atoms with Crippen LogP contribution in [-0.2, 0) is 11.3 Å². The molecule has 1 saturated heterocycles. The topological polar surface area (TPSA) is 136 Å². The van der Waals surface area contributed by atoms with Crippen molar-refractivity contribution in [3.8, 4) is 5.69 Å². The molecule has 1 aromatic heterocycles. The zero-order valence-corrected chi connectivity index (χ0v) is 17.9. The van der Waals surface area contributed by atoms with Crippen LogP contribution in [0.2, 0.25) is 0 Å². The number of rotatable bonds is 7. The number of primary amides is 1. The summed E-state index contributed by atoms with van der Waals surface area (Å²) in [6, 6.07) is 13.5. The highest BCUT2D eigenvalue weighted by Gasteiger charge is 2.23. The second-order valence-electron chi connectivity index (χ2n) is 8.07. The molecule has 1 unspecified atom stereocenters. The van der Waals surface area contributed by atoms with Crippen molar-refractivity contribution in [2.45, 2.75) is 19.4 Å². The zero-order chi connectivity index (χ0) is 23.4. The van der Waals surface area contributed by atoms with Crippen molar-refractivity contribution in [1.82, 2.24) is 14.7 Å². The molecule has 1 aliphatic heterocycles. The monoisotopic (exact) mass is 448 g/mol. The smallest absolute Gasteiger partial charge is 0.269 e. The van der Waals surface area contributed by atoms with Crippen LogP contribution in [-0.4, -0.2) is 44.5 Å². The SMILES string of the molecule is NC(=O)C1CCCN(Cc2ccc(NC(=O)c3cnn(-c4ccc([N+](=O)[O-])cc4)c3)cc2)C1. The Kier molecular flexibility index (Phi) is 6.45. The van der Waals surface area contributed by atoms with Gasteiger partial charge < -0.3 is 11.1 Å². The van der Waals surface area contributed by atoms with Crippen molar-refractivity contribution >= 4 is 23.2 Å². The molecule has 0 spiro atoms. The number of amides is 2. The molecule has 3 N–H and O–H groups in total. The Morgan fingerprint density at radius 1 is 1.15 bits per heavy atom. The maximum atomic E-state index is 12.6. The minimum absolute atomic E-state index is 0.0136. The summed E-state index contributed by atoms with van der Waals surface area (Å²) in [6.45, 7) is 2.33. The van der Waals surface area contributed by atoms with E-state index in [9.17, 15) is 19.7 Å². The highest BCUT2D eigenvalue weighted by atomic mass is 16.6. The molecule has 2 amide bonds. The number of nitrogens with zero attached hydrogens (tertiary/aromatic N) is 4. The van der Waals surface area contributed by atoms with Gasteiger partial charge in [0.15, 0.2) is 0 Å². The predicted octanol–water partition coefficient (Wildman–Crippen LogP) is 2.73. The molecule has 33 heavy (non-hydrogen) atoms. The van der Waals surface area contributed by atoms with Gasteiger partial charge in [-0.15, -0.1) is 0 Å². The lowest BCUT2D eigenvalue weighted by Crippen LogP contribution is -2.40. The fourth-order valence-electron chi connectivity index (χ4n) is 3.89. The van der Waals surface area contributed by atoms with Crippen LogP contribution in [0.4, 0.5) is 11.4 Å². The Morgan fingerprint density at radius 2 is 1.88 bits per heavy atom. The fourth-order valence-corrected chi connectivity index (χ4v) is 3.89. The first-order chi connectivity index (χ1) is 15.9. The Hall–Kier alpha value is -4.05. The first-order valence-electron chi connectivity index (χ1n) is 10.6. The Labute approximate surface area is 190 Å². The van der Waals surface area contributed by atoms with Crippen molar-refractivity contribution in [2.75, 3.05) is 18.4 Å². The van der Waals surface area contributed by atoms with Crippen LogP contribution in [0.1, 0.15) is 28.8 Å². The summed E-state index contributed by atoms with van der Waals surface area (Å²) in [4.78, 5) is 36.6. The molecule has 1 aliphatic rings. The molecule has 4 rings (SSSR count). The highest BCUT2D eigenvalue weighted by Crippen LogP contribution is 2.20. The first kappa shape index (κ1) is 22.2. The summed E-state index contributed by atoms with van der Waals surface area (Å²) in [5.74, 6) is -0.643. The number of nitrogens with one attached hydrogen (secondary N) is 1. The summed E-state index contributed by atoms with van der Waals surface area (Å²) < 4.78 is 1.49. The van der Waals surface area contributed by atoms with Crippen molar-refractivity contribution in [3.05, 3.63) is 82.2 Å². The minimum atomic E-state index is -0.471. The molecule has 0 bridgehead atoms. The molecular formula is C23H24N6O4. The summed E-state index contributed by atoms with van der Waals surface area (Å²) in [5, 5.41) is 17.8. The van der Waals surface area contributed by atoms with Gasteiger partial charge in [-0.3, -0.25) is 24.6 Å². The average molecular weight is 448 g/mol. The molecule has 0 saturated carbocycles. The van der Waals surface area contributed by atoms with Gasteiger partial charge in [-0.1, -0.05) is 12.1 Å². The average Bonchev–Trinajstić information content (AvgIpc) is 3.31. The van der Waals surface area contributed by atoms with Crippen LogP contribution in [0, 0.1) is 16.0 Å². The van der Waals surface area contributed by atoms with Gasteiger partial charge in [0.25, 0.3) is 11.6 Å². The molecule has 1 atom stereocenters. The zero-order valence-electron chi connectivity index (χ0n) is 17.9. The number of aromatic nitrogens is 2. The molecule has 2 aromatic carbocycles. The molecule has 10 heteroatoms. The molecule has 1 fully saturated rings. The van der Waals surface area contributed by atoms with E-state index < -0.39 is 4.92 Å². The Balaban J connectivity index is 1.35. The lowest BCUT2D eigenvalue weighted by Gasteiger charge is -2.31. The van der Waals surface area contributed by atoms with Gasteiger partial charge in [-0.2, -0.15) is 5.10 Å². The van der Waals surface area contributed by atoms with Gasteiger partial charge >= 0.3 is 0 Å². The lowest BCUT2D eigenvalue weighted by atomic mass is 9.97. The standard InChI is InChI=1S/C23H24N6O4/c24-22(30)17-2-1-11-27(14-17)13-16-3-5-19(6-4-16)26-23(31)18-12-25-28(15-18)20-7-9-21(10-8-20)29(32)33/h3-10,12,15,17H,1-2,11,13-14H2,(H2,24,30)(H,26,31). The third-order valence-corrected chi connectivity index (χ3v) is 5.70. The highest BCUT2D eigenvalue weighted by molar-refractivity contribution is 6.04. The van der Waals surface area contributed by atoms with Crippen molar-refractivity contribution < 1.29 is 14.5 Å². The molecule has 3 aromatic rings. The number of benzene rings is 2. The lowest BCUT2D eigenvalue weighted by molar-refractivity contribution is -0.384. The molecular weight excluding hydrogens is 424 g/mol.